The van der Waals surface area contributed by atoms with Gasteiger partial charge in [0.2, 0.25) is 0 Å². The lowest BCUT2D eigenvalue weighted by Crippen LogP contribution is -2.24. The molecule has 0 spiro atoms. The third-order valence-electron chi connectivity index (χ3n) is 2.33. The fourth-order valence-corrected chi connectivity index (χ4v) is 1.73. The molecule has 1 rings (SSSR count). The van der Waals surface area contributed by atoms with Gasteiger partial charge in [-0.2, -0.15) is 0 Å². The van der Waals surface area contributed by atoms with E-state index < -0.39 is 5.60 Å². The van der Waals surface area contributed by atoms with Crippen LogP contribution >= 0.6 is 0 Å². The molecule has 0 aromatic heterocycles. The Balaban J connectivity index is 2.50. The topological polar surface area (TPSA) is 26.3 Å². The number of hydrogen-bond donors (Lipinski definition) is 0. The lowest BCUT2D eigenvalue weighted by molar-refractivity contribution is -0.148. The lowest BCUT2D eigenvalue weighted by atomic mass is 10.1. The van der Waals surface area contributed by atoms with Crippen LogP contribution in [0.1, 0.15) is 46.5 Å². The fraction of sp³-hybridized carbons (Fsp3) is 0.750. The van der Waals surface area contributed by atoms with Gasteiger partial charge in [-0.05, 0) is 26.7 Å². The predicted molar refractivity (Wildman–Crippen MR) is 55.6 cm³/mol. The Hall–Kier alpha value is -0.970. The maximum atomic E-state index is 10.8. The molecule has 0 bridgehead atoms. The van der Waals surface area contributed by atoms with Crippen molar-refractivity contribution in [3.05, 3.63) is 0 Å². The highest BCUT2D eigenvalue weighted by Crippen LogP contribution is 2.24. The van der Waals surface area contributed by atoms with Gasteiger partial charge in [-0.15, -0.1) is 0 Å². The lowest BCUT2D eigenvalue weighted by Gasteiger charge is -2.17. The van der Waals surface area contributed by atoms with Gasteiger partial charge in [-0.25, -0.2) is 0 Å². The Morgan fingerprint density at radius 2 is 1.93 bits per heavy atom. The average molecular weight is 194 g/mol. The first-order valence-corrected chi connectivity index (χ1v) is 5.22. The van der Waals surface area contributed by atoms with Gasteiger partial charge in [-0.3, -0.25) is 4.79 Å². The van der Waals surface area contributed by atoms with Gasteiger partial charge in [0.25, 0.3) is 0 Å². The van der Waals surface area contributed by atoms with Gasteiger partial charge in [0, 0.05) is 12.8 Å². The summed E-state index contributed by atoms with van der Waals surface area (Å²) in [5.41, 5.74) is -0.631. The molecule has 78 valence electrons. The second-order valence-corrected chi connectivity index (χ2v) is 4.35. The molecule has 0 N–H and O–H groups in total. The van der Waals surface area contributed by atoms with Crippen molar-refractivity contribution in [3.63, 3.8) is 0 Å². The van der Waals surface area contributed by atoms with Gasteiger partial charge in [0.15, 0.2) is 5.60 Å². The summed E-state index contributed by atoms with van der Waals surface area (Å²) in [4.78, 5) is 10.8. The molecule has 1 aliphatic rings. The van der Waals surface area contributed by atoms with E-state index in [1.54, 1.807) is 0 Å². The molecule has 0 radical (unpaired) electrons. The smallest absolute Gasteiger partial charge is 0.304 e. The minimum Gasteiger partial charge on any atom is -0.447 e. The van der Waals surface area contributed by atoms with Crippen LogP contribution in [0.25, 0.3) is 0 Å². The van der Waals surface area contributed by atoms with Crippen molar-refractivity contribution in [1.82, 2.24) is 0 Å². The van der Waals surface area contributed by atoms with Crippen LogP contribution in [-0.4, -0.2) is 11.6 Å². The normalized spacial score (nSPS) is 17.4. The standard InChI is InChI=1S/C12H18O2/c1-10(13)14-12(2,3)9-8-11-6-4-5-7-11/h11H,4-7H2,1-3H3. The van der Waals surface area contributed by atoms with Gasteiger partial charge >= 0.3 is 5.97 Å². The molecular weight excluding hydrogens is 176 g/mol. The minimum absolute atomic E-state index is 0.268. The zero-order valence-corrected chi connectivity index (χ0v) is 9.22. The molecule has 14 heavy (non-hydrogen) atoms. The van der Waals surface area contributed by atoms with E-state index in [1.807, 2.05) is 13.8 Å². The van der Waals surface area contributed by atoms with Gasteiger partial charge in [-0.1, -0.05) is 24.7 Å². The maximum Gasteiger partial charge on any atom is 0.304 e. The Labute approximate surface area is 86.0 Å². The van der Waals surface area contributed by atoms with E-state index in [0.29, 0.717) is 5.92 Å². The average Bonchev–Trinajstić information content (AvgIpc) is 2.50. The number of esters is 1. The third-order valence-corrected chi connectivity index (χ3v) is 2.33. The van der Waals surface area contributed by atoms with Gasteiger partial charge in [0.1, 0.15) is 0 Å². The minimum atomic E-state index is -0.631. The number of carbonyl (C=O) groups is 1. The molecule has 1 saturated carbocycles. The van der Waals surface area contributed by atoms with Crippen LogP contribution in [-0.2, 0) is 9.53 Å². The molecule has 0 amide bonds. The van der Waals surface area contributed by atoms with E-state index >= 15 is 0 Å². The molecule has 2 nitrogen and oxygen atoms in total. The summed E-state index contributed by atoms with van der Waals surface area (Å²) in [5.74, 6) is 6.49. The molecule has 1 aliphatic carbocycles. The van der Waals surface area contributed by atoms with Crippen molar-refractivity contribution >= 4 is 5.97 Å². The summed E-state index contributed by atoms with van der Waals surface area (Å²) in [6, 6.07) is 0. The number of carbonyl (C=O) groups excluding carboxylic acids is 1. The molecule has 0 atom stereocenters. The fourth-order valence-electron chi connectivity index (χ4n) is 1.73. The SMILES string of the molecule is CC(=O)OC(C)(C)C#CC1CCCC1. The second-order valence-electron chi connectivity index (χ2n) is 4.35. The van der Waals surface area contributed by atoms with Crippen LogP contribution in [0.5, 0.6) is 0 Å². The van der Waals surface area contributed by atoms with E-state index in [4.69, 9.17) is 4.74 Å². The highest BCUT2D eigenvalue weighted by molar-refractivity contribution is 5.66. The first-order valence-electron chi connectivity index (χ1n) is 5.22. The Kier molecular flexibility index (Phi) is 3.57. The van der Waals surface area contributed by atoms with Crippen LogP contribution in [0, 0.1) is 17.8 Å². The molecule has 0 aliphatic heterocycles. The number of hydrogen-bond acceptors (Lipinski definition) is 2. The van der Waals surface area contributed by atoms with Crippen LogP contribution in [0.15, 0.2) is 0 Å². The van der Waals surface area contributed by atoms with Crippen molar-refractivity contribution in [2.24, 2.45) is 5.92 Å². The summed E-state index contributed by atoms with van der Waals surface area (Å²) >= 11 is 0. The zero-order valence-electron chi connectivity index (χ0n) is 9.22. The van der Waals surface area contributed by atoms with E-state index in [1.165, 1.54) is 32.6 Å². The van der Waals surface area contributed by atoms with E-state index in [-0.39, 0.29) is 5.97 Å². The summed E-state index contributed by atoms with van der Waals surface area (Å²) in [5, 5.41) is 0. The van der Waals surface area contributed by atoms with Crippen molar-refractivity contribution in [3.8, 4) is 11.8 Å². The molecule has 0 aromatic rings. The zero-order chi connectivity index (χ0) is 10.6. The van der Waals surface area contributed by atoms with Gasteiger partial charge < -0.3 is 4.74 Å². The van der Waals surface area contributed by atoms with Crippen LogP contribution in [0.2, 0.25) is 0 Å². The predicted octanol–water partition coefficient (Wildman–Crippen LogP) is 2.52. The quantitative estimate of drug-likeness (QED) is 0.473. The Morgan fingerprint density at radius 3 is 2.43 bits per heavy atom. The molecule has 1 fully saturated rings. The van der Waals surface area contributed by atoms with E-state index in [2.05, 4.69) is 11.8 Å². The molecule has 2 heteroatoms. The van der Waals surface area contributed by atoms with Crippen molar-refractivity contribution < 1.29 is 9.53 Å². The van der Waals surface area contributed by atoms with Crippen molar-refractivity contribution in [1.29, 1.82) is 0 Å². The molecule has 0 heterocycles. The molecule has 0 unspecified atom stereocenters. The van der Waals surface area contributed by atoms with Gasteiger partial charge in [0.05, 0.1) is 0 Å². The summed E-state index contributed by atoms with van der Waals surface area (Å²) in [7, 11) is 0. The molecular formula is C12H18O2. The second kappa shape index (κ2) is 4.50. The Bertz CT molecular complexity index is 262. The highest BCUT2D eigenvalue weighted by atomic mass is 16.6. The van der Waals surface area contributed by atoms with E-state index in [0.717, 1.165) is 0 Å². The third kappa shape index (κ3) is 3.83. The monoisotopic (exact) mass is 194 g/mol. The van der Waals surface area contributed by atoms with Crippen LogP contribution in [0.3, 0.4) is 0 Å². The summed E-state index contributed by atoms with van der Waals surface area (Å²) in [6.07, 6.45) is 4.97. The first-order chi connectivity index (χ1) is 6.49. The summed E-state index contributed by atoms with van der Waals surface area (Å²) in [6.45, 7) is 5.08. The van der Waals surface area contributed by atoms with E-state index in [9.17, 15) is 4.79 Å². The van der Waals surface area contributed by atoms with Crippen molar-refractivity contribution in [2.75, 3.05) is 0 Å². The maximum absolute atomic E-state index is 10.8. The van der Waals surface area contributed by atoms with Crippen LogP contribution < -0.4 is 0 Å². The number of rotatable bonds is 1. The summed E-state index contributed by atoms with van der Waals surface area (Å²) < 4.78 is 5.08. The highest BCUT2D eigenvalue weighted by Gasteiger charge is 2.18. The molecule has 0 saturated heterocycles. The molecule has 0 aromatic carbocycles. The van der Waals surface area contributed by atoms with Crippen molar-refractivity contribution in [2.45, 2.75) is 52.1 Å². The Morgan fingerprint density at radius 1 is 1.36 bits per heavy atom. The first kappa shape index (κ1) is 11.1. The number of ether oxygens (including phenoxy) is 1. The largest absolute Gasteiger partial charge is 0.447 e. The van der Waals surface area contributed by atoms with Crippen LogP contribution in [0.4, 0.5) is 0 Å².